The van der Waals surface area contributed by atoms with Crippen molar-refractivity contribution in [1.82, 2.24) is 0 Å². The van der Waals surface area contributed by atoms with Crippen LogP contribution in [0, 0.1) is 0 Å². The average Bonchev–Trinajstić information content (AvgIpc) is 2.52. The van der Waals surface area contributed by atoms with Crippen LogP contribution in [0.15, 0.2) is 85.2 Å². The number of rotatable bonds is 3. The highest BCUT2D eigenvalue weighted by Crippen LogP contribution is 2.22. The van der Waals surface area contributed by atoms with E-state index in [2.05, 4.69) is 53.4 Å². The summed E-state index contributed by atoms with van der Waals surface area (Å²) in [4.78, 5) is 0. The van der Waals surface area contributed by atoms with Gasteiger partial charge in [-0.15, -0.1) is 0 Å². The first kappa shape index (κ1) is 12.9. The van der Waals surface area contributed by atoms with Gasteiger partial charge in [0.1, 0.15) is 0 Å². The lowest BCUT2D eigenvalue weighted by atomic mass is 9.98. The summed E-state index contributed by atoms with van der Waals surface area (Å²) < 4.78 is 2.21. The summed E-state index contributed by atoms with van der Waals surface area (Å²) in [6.45, 7) is 0. The summed E-state index contributed by atoms with van der Waals surface area (Å²) in [7, 11) is 0. The van der Waals surface area contributed by atoms with Crippen molar-refractivity contribution in [3.8, 4) is 0 Å². The maximum Gasteiger partial charge on any atom is 0.208 e. The lowest BCUT2D eigenvalue weighted by molar-refractivity contribution is -0.704. The number of halogens is 1. The second-order valence-corrected chi connectivity index (χ2v) is 5.12. The van der Waals surface area contributed by atoms with E-state index >= 15 is 0 Å². The molecule has 20 heavy (non-hydrogen) atoms. The van der Waals surface area contributed by atoms with E-state index in [0.29, 0.717) is 0 Å². The average molecular weight is 281 g/mol. The van der Waals surface area contributed by atoms with Crippen molar-refractivity contribution in [2.75, 3.05) is 0 Å². The third-order valence-corrected chi connectivity index (χ3v) is 3.59. The molecule has 2 heteroatoms. The van der Waals surface area contributed by atoms with Crippen LogP contribution in [0.5, 0.6) is 0 Å². The molecule has 0 aliphatic carbocycles. The molecule has 0 bridgehead atoms. The second-order valence-electron chi connectivity index (χ2n) is 4.69. The Balaban J connectivity index is 2.11. The van der Waals surface area contributed by atoms with E-state index in [-0.39, 0.29) is 6.04 Å². The Bertz CT molecular complexity index is 623. The molecule has 0 N–H and O–H groups in total. The number of hydrogen-bond acceptors (Lipinski definition) is 0. The van der Waals surface area contributed by atoms with Crippen molar-refractivity contribution in [2.24, 2.45) is 0 Å². The summed E-state index contributed by atoms with van der Waals surface area (Å²) in [6.07, 6.45) is 4.18. The van der Waals surface area contributed by atoms with Crippen molar-refractivity contribution in [3.63, 3.8) is 0 Å². The van der Waals surface area contributed by atoms with E-state index < -0.39 is 0 Å². The maximum atomic E-state index is 6.00. The number of nitrogens with zero attached hydrogens (tertiary/aromatic N) is 1. The van der Waals surface area contributed by atoms with Crippen LogP contribution >= 0.6 is 11.6 Å². The van der Waals surface area contributed by atoms with E-state index in [1.165, 1.54) is 11.1 Å². The zero-order valence-electron chi connectivity index (χ0n) is 11.0. The van der Waals surface area contributed by atoms with Crippen molar-refractivity contribution >= 4 is 11.6 Å². The fraction of sp³-hybridized carbons (Fsp3) is 0.0556. The number of benzene rings is 2. The smallest absolute Gasteiger partial charge is 0.194 e. The molecule has 1 atom stereocenters. The van der Waals surface area contributed by atoms with Gasteiger partial charge in [0, 0.05) is 28.3 Å². The van der Waals surface area contributed by atoms with Gasteiger partial charge in [0.15, 0.2) is 12.4 Å². The molecule has 0 amide bonds. The van der Waals surface area contributed by atoms with E-state index in [1.807, 2.05) is 36.4 Å². The van der Waals surface area contributed by atoms with Crippen LogP contribution in [0.1, 0.15) is 17.2 Å². The summed E-state index contributed by atoms with van der Waals surface area (Å²) in [5, 5.41) is 0.763. The summed E-state index contributed by atoms with van der Waals surface area (Å²) in [5.41, 5.74) is 2.47. The van der Waals surface area contributed by atoms with Crippen LogP contribution in [0.4, 0.5) is 0 Å². The minimum absolute atomic E-state index is 0.162. The zero-order valence-corrected chi connectivity index (χ0v) is 11.7. The first-order valence-electron chi connectivity index (χ1n) is 6.61. The predicted octanol–water partition coefficient (Wildman–Crippen LogP) is 4.27. The molecule has 0 aliphatic heterocycles. The van der Waals surface area contributed by atoms with E-state index in [9.17, 15) is 0 Å². The summed E-state index contributed by atoms with van der Waals surface area (Å²) >= 11 is 6.00. The van der Waals surface area contributed by atoms with Gasteiger partial charge in [0.05, 0.1) is 0 Å². The molecule has 1 heterocycles. The van der Waals surface area contributed by atoms with Gasteiger partial charge < -0.3 is 0 Å². The van der Waals surface area contributed by atoms with Crippen molar-refractivity contribution in [2.45, 2.75) is 6.04 Å². The molecular weight excluding hydrogens is 266 g/mol. The lowest BCUT2D eigenvalue weighted by Crippen LogP contribution is -2.39. The molecule has 0 saturated carbocycles. The molecule has 0 spiro atoms. The molecule has 1 unspecified atom stereocenters. The molecule has 2 aromatic carbocycles. The topological polar surface area (TPSA) is 3.88 Å². The zero-order chi connectivity index (χ0) is 13.8. The van der Waals surface area contributed by atoms with Crippen LogP contribution in [-0.4, -0.2) is 0 Å². The van der Waals surface area contributed by atoms with Gasteiger partial charge in [-0.05, 0) is 12.1 Å². The molecule has 3 rings (SSSR count). The number of pyridine rings is 1. The van der Waals surface area contributed by atoms with E-state index in [0.717, 1.165) is 5.02 Å². The van der Waals surface area contributed by atoms with Crippen molar-refractivity contribution in [1.29, 1.82) is 0 Å². The molecule has 3 aromatic rings. The van der Waals surface area contributed by atoms with Gasteiger partial charge in [-0.25, -0.2) is 0 Å². The van der Waals surface area contributed by atoms with Gasteiger partial charge in [-0.2, -0.15) is 4.57 Å². The van der Waals surface area contributed by atoms with Crippen LogP contribution in [0.3, 0.4) is 0 Å². The van der Waals surface area contributed by atoms with Crippen LogP contribution in [0.2, 0.25) is 5.02 Å². The Morgan fingerprint density at radius 2 is 1.20 bits per heavy atom. The first-order valence-corrected chi connectivity index (χ1v) is 6.98. The van der Waals surface area contributed by atoms with Crippen molar-refractivity contribution in [3.05, 3.63) is 101 Å². The number of hydrogen-bond donors (Lipinski definition) is 0. The highest BCUT2D eigenvalue weighted by molar-refractivity contribution is 6.30. The molecule has 0 aliphatic rings. The Morgan fingerprint density at radius 1 is 0.650 bits per heavy atom. The summed E-state index contributed by atoms with van der Waals surface area (Å²) in [5.74, 6) is 0. The van der Waals surface area contributed by atoms with Crippen LogP contribution < -0.4 is 4.57 Å². The minimum Gasteiger partial charge on any atom is -0.194 e. The van der Waals surface area contributed by atoms with Gasteiger partial charge in [-0.3, -0.25) is 0 Å². The monoisotopic (exact) mass is 280 g/mol. The molecule has 1 nitrogen and oxygen atoms in total. The van der Waals surface area contributed by atoms with E-state index in [1.54, 1.807) is 0 Å². The highest BCUT2D eigenvalue weighted by Gasteiger charge is 2.22. The van der Waals surface area contributed by atoms with Gasteiger partial charge in [0.25, 0.3) is 0 Å². The fourth-order valence-electron chi connectivity index (χ4n) is 2.40. The fourth-order valence-corrected chi connectivity index (χ4v) is 2.53. The Hall–Kier alpha value is -2.12. The lowest BCUT2D eigenvalue weighted by Gasteiger charge is -2.13. The molecule has 0 radical (unpaired) electrons. The molecule has 0 fully saturated rings. The Labute approximate surface area is 124 Å². The van der Waals surface area contributed by atoms with Crippen LogP contribution in [-0.2, 0) is 0 Å². The van der Waals surface area contributed by atoms with Gasteiger partial charge in [0.2, 0.25) is 6.04 Å². The maximum absolute atomic E-state index is 6.00. The first-order chi connectivity index (χ1) is 9.84. The second kappa shape index (κ2) is 5.89. The Kier molecular flexibility index (Phi) is 3.80. The standard InChI is InChI=1S/C18H15ClN/c19-17-11-9-16(10-12-17)18(15-7-3-1-4-8-15)20-13-5-2-6-14-20/h1-14,18H/q+1. The SMILES string of the molecule is Clc1ccc(C(c2ccccc2)[n+]2ccccc2)cc1. The quantitative estimate of drug-likeness (QED) is 0.631. The summed E-state index contributed by atoms with van der Waals surface area (Å²) in [6, 6.07) is 24.8. The third-order valence-electron chi connectivity index (χ3n) is 3.34. The van der Waals surface area contributed by atoms with E-state index in [4.69, 9.17) is 11.6 Å². The van der Waals surface area contributed by atoms with Gasteiger partial charge in [-0.1, -0.05) is 60.1 Å². The normalized spacial score (nSPS) is 12.1. The largest absolute Gasteiger partial charge is 0.208 e. The van der Waals surface area contributed by atoms with Crippen LogP contribution in [0.25, 0.3) is 0 Å². The molecular formula is C18H15ClN+. The number of aromatic nitrogens is 1. The van der Waals surface area contributed by atoms with Crippen molar-refractivity contribution < 1.29 is 4.57 Å². The highest BCUT2D eigenvalue weighted by atomic mass is 35.5. The Morgan fingerprint density at radius 3 is 1.85 bits per heavy atom. The minimum atomic E-state index is 0.162. The molecule has 0 saturated heterocycles. The van der Waals surface area contributed by atoms with Gasteiger partial charge >= 0.3 is 0 Å². The third kappa shape index (κ3) is 2.73. The predicted molar refractivity (Wildman–Crippen MR) is 81.8 cm³/mol. The molecule has 98 valence electrons. The molecule has 1 aromatic heterocycles.